The first-order valence-electron chi connectivity index (χ1n) is 10.7. The minimum absolute atomic E-state index is 0.0457. The second-order valence-corrected chi connectivity index (χ2v) is 9.46. The van der Waals surface area contributed by atoms with E-state index in [4.69, 9.17) is 23.8 Å². The van der Waals surface area contributed by atoms with Gasteiger partial charge in [0, 0.05) is 47.5 Å². The minimum Gasteiger partial charge on any atom is -0.367 e. The first-order valence-corrected chi connectivity index (χ1v) is 12.3. The van der Waals surface area contributed by atoms with Gasteiger partial charge in [-0.3, -0.25) is 14.9 Å². The molecule has 2 amide bonds. The smallest absolute Gasteiger partial charge is 0.257 e. The minimum atomic E-state index is -0.301. The standard InChI is InChI=1S/C25H22BrClN4O2S/c26-19-8-4-7-18(15-19)23(32)29-25(34)28-20-9-10-22(21(27)16-20)30-11-13-31(14-12-30)24(33)17-5-2-1-3-6-17/h1-10,15-16H,11-14H2,(H2,28,29,32,34). The first kappa shape index (κ1) is 24.2. The van der Waals surface area contributed by atoms with Crippen LogP contribution in [0.5, 0.6) is 0 Å². The molecule has 3 aromatic rings. The lowest BCUT2D eigenvalue weighted by Crippen LogP contribution is -2.48. The number of amides is 2. The van der Waals surface area contributed by atoms with E-state index in [2.05, 4.69) is 31.5 Å². The molecule has 0 atom stereocenters. The number of nitrogens with zero attached hydrogens (tertiary/aromatic N) is 2. The Kier molecular flexibility index (Phi) is 7.82. The summed E-state index contributed by atoms with van der Waals surface area (Å²) in [6.07, 6.45) is 0. The number of hydrogen-bond acceptors (Lipinski definition) is 4. The fourth-order valence-corrected chi connectivity index (χ4v) is 4.63. The molecular weight excluding hydrogens is 536 g/mol. The van der Waals surface area contributed by atoms with Crippen LogP contribution in [-0.4, -0.2) is 48.0 Å². The van der Waals surface area contributed by atoms with Crippen molar-refractivity contribution < 1.29 is 9.59 Å². The number of piperazine rings is 1. The van der Waals surface area contributed by atoms with E-state index in [1.54, 1.807) is 24.3 Å². The lowest BCUT2D eigenvalue weighted by Gasteiger charge is -2.36. The van der Waals surface area contributed by atoms with Crippen LogP contribution < -0.4 is 15.5 Å². The molecule has 0 saturated carbocycles. The van der Waals surface area contributed by atoms with Gasteiger partial charge in [0.2, 0.25) is 0 Å². The fourth-order valence-electron chi connectivity index (χ4n) is 3.72. The van der Waals surface area contributed by atoms with Gasteiger partial charge in [-0.1, -0.05) is 51.8 Å². The second-order valence-electron chi connectivity index (χ2n) is 7.73. The Balaban J connectivity index is 1.33. The van der Waals surface area contributed by atoms with Gasteiger partial charge in [0.25, 0.3) is 11.8 Å². The summed E-state index contributed by atoms with van der Waals surface area (Å²) in [6.45, 7) is 2.61. The predicted octanol–water partition coefficient (Wildman–Crippen LogP) is 5.19. The molecule has 1 heterocycles. The number of carbonyl (C=O) groups is 2. The van der Waals surface area contributed by atoms with Crippen molar-refractivity contribution in [2.45, 2.75) is 0 Å². The molecule has 0 aromatic heterocycles. The van der Waals surface area contributed by atoms with Gasteiger partial charge in [-0.15, -0.1) is 0 Å². The van der Waals surface area contributed by atoms with Crippen molar-refractivity contribution in [3.05, 3.63) is 93.4 Å². The highest BCUT2D eigenvalue weighted by Crippen LogP contribution is 2.30. The monoisotopic (exact) mass is 556 g/mol. The van der Waals surface area contributed by atoms with E-state index in [0.717, 1.165) is 10.2 Å². The van der Waals surface area contributed by atoms with Gasteiger partial charge in [0.05, 0.1) is 10.7 Å². The molecular formula is C25H22BrClN4O2S. The van der Waals surface area contributed by atoms with Crippen molar-refractivity contribution in [2.24, 2.45) is 0 Å². The third kappa shape index (κ3) is 5.94. The van der Waals surface area contributed by atoms with E-state index in [1.165, 1.54) is 0 Å². The summed E-state index contributed by atoms with van der Waals surface area (Å²) >= 11 is 15.2. The third-order valence-electron chi connectivity index (χ3n) is 5.45. The van der Waals surface area contributed by atoms with E-state index in [9.17, 15) is 9.59 Å². The van der Waals surface area contributed by atoms with Crippen molar-refractivity contribution in [1.29, 1.82) is 0 Å². The topological polar surface area (TPSA) is 64.7 Å². The fraction of sp³-hybridized carbons (Fsp3) is 0.160. The summed E-state index contributed by atoms with van der Waals surface area (Å²) in [6, 6.07) is 21.9. The number of nitrogens with one attached hydrogen (secondary N) is 2. The molecule has 2 N–H and O–H groups in total. The molecule has 0 bridgehead atoms. The lowest BCUT2D eigenvalue weighted by atomic mass is 10.1. The van der Waals surface area contributed by atoms with Crippen LogP contribution in [0.25, 0.3) is 0 Å². The van der Waals surface area contributed by atoms with Crippen molar-refractivity contribution >= 4 is 68.1 Å². The lowest BCUT2D eigenvalue weighted by molar-refractivity contribution is 0.0746. The van der Waals surface area contributed by atoms with E-state index >= 15 is 0 Å². The quantitative estimate of drug-likeness (QED) is 0.432. The zero-order valence-corrected chi connectivity index (χ0v) is 21.3. The number of thiocarbonyl (C=S) groups is 1. The van der Waals surface area contributed by atoms with Crippen molar-refractivity contribution in [3.63, 3.8) is 0 Å². The molecule has 174 valence electrons. The zero-order chi connectivity index (χ0) is 24.1. The van der Waals surface area contributed by atoms with Crippen molar-refractivity contribution in [2.75, 3.05) is 36.4 Å². The largest absolute Gasteiger partial charge is 0.367 e. The van der Waals surface area contributed by atoms with Crippen LogP contribution >= 0.6 is 39.7 Å². The van der Waals surface area contributed by atoms with Crippen molar-refractivity contribution in [1.82, 2.24) is 10.2 Å². The van der Waals surface area contributed by atoms with Crippen LogP contribution in [0.15, 0.2) is 77.3 Å². The van der Waals surface area contributed by atoms with Gasteiger partial charge >= 0.3 is 0 Å². The average molecular weight is 558 g/mol. The number of anilines is 2. The summed E-state index contributed by atoms with van der Waals surface area (Å²) in [4.78, 5) is 29.1. The summed E-state index contributed by atoms with van der Waals surface area (Å²) < 4.78 is 0.812. The van der Waals surface area contributed by atoms with Crippen LogP contribution in [0, 0.1) is 0 Å². The summed E-state index contributed by atoms with van der Waals surface area (Å²) in [5, 5.41) is 6.41. The Morgan fingerprint density at radius 1 is 0.882 bits per heavy atom. The highest BCUT2D eigenvalue weighted by Gasteiger charge is 2.23. The first-order chi connectivity index (χ1) is 16.4. The van der Waals surface area contributed by atoms with E-state index < -0.39 is 0 Å². The molecule has 0 aliphatic carbocycles. The average Bonchev–Trinajstić information content (AvgIpc) is 2.84. The van der Waals surface area contributed by atoms with E-state index in [1.807, 2.05) is 53.4 Å². The Morgan fingerprint density at radius 3 is 2.26 bits per heavy atom. The Morgan fingerprint density at radius 2 is 1.59 bits per heavy atom. The SMILES string of the molecule is O=C(NC(=S)Nc1ccc(N2CCN(C(=O)c3ccccc3)CC2)c(Cl)c1)c1cccc(Br)c1. The van der Waals surface area contributed by atoms with Crippen LogP contribution in [-0.2, 0) is 0 Å². The van der Waals surface area contributed by atoms with Gasteiger partial charge in [0.1, 0.15) is 0 Å². The molecule has 0 radical (unpaired) electrons. The normalized spacial score (nSPS) is 13.4. The highest BCUT2D eigenvalue weighted by atomic mass is 79.9. The van der Waals surface area contributed by atoms with Crippen LogP contribution in [0.1, 0.15) is 20.7 Å². The number of halogens is 2. The predicted molar refractivity (Wildman–Crippen MR) is 144 cm³/mol. The van der Waals surface area contributed by atoms with E-state index in [-0.39, 0.29) is 16.9 Å². The maximum Gasteiger partial charge on any atom is 0.257 e. The Hall–Kier alpha value is -2.94. The second kappa shape index (κ2) is 11.0. The summed E-state index contributed by atoms with van der Waals surface area (Å²) in [5.41, 5.74) is 2.76. The zero-order valence-electron chi connectivity index (χ0n) is 18.1. The number of hydrogen-bond donors (Lipinski definition) is 2. The van der Waals surface area contributed by atoms with Gasteiger partial charge < -0.3 is 15.1 Å². The maximum absolute atomic E-state index is 12.7. The van der Waals surface area contributed by atoms with Gasteiger partial charge in [0.15, 0.2) is 5.11 Å². The van der Waals surface area contributed by atoms with Gasteiger partial charge in [-0.25, -0.2) is 0 Å². The molecule has 1 aliphatic rings. The molecule has 0 spiro atoms. The van der Waals surface area contributed by atoms with Crippen LogP contribution in [0.3, 0.4) is 0 Å². The number of carbonyl (C=O) groups excluding carboxylic acids is 2. The maximum atomic E-state index is 12.7. The molecule has 1 saturated heterocycles. The Labute approximate surface area is 217 Å². The molecule has 9 heteroatoms. The summed E-state index contributed by atoms with van der Waals surface area (Å²) in [5.74, 6) is -0.256. The Bertz CT molecular complexity index is 1220. The van der Waals surface area contributed by atoms with Crippen LogP contribution in [0.4, 0.5) is 11.4 Å². The van der Waals surface area contributed by atoms with Crippen LogP contribution in [0.2, 0.25) is 5.02 Å². The van der Waals surface area contributed by atoms with Gasteiger partial charge in [-0.2, -0.15) is 0 Å². The third-order valence-corrected chi connectivity index (χ3v) is 6.45. The van der Waals surface area contributed by atoms with Gasteiger partial charge in [-0.05, 0) is 60.7 Å². The number of benzene rings is 3. The highest BCUT2D eigenvalue weighted by molar-refractivity contribution is 9.10. The molecule has 3 aromatic carbocycles. The number of rotatable bonds is 4. The van der Waals surface area contributed by atoms with Crippen molar-refractivity contribution in [3.8, 4) is 0 Å². The molecule has 0 unspecified atom stereocenters. The molecule has 1 fully saturated rings. The molecule has 4 rings (SSSR count). The molecule has 1 aliphatic heterocycles. The molecule has 34 heavy (non-hydrogen) atoms. The summed E-state index contributed by atoms with van der Waals surface area (Å²) in [7, 11) is 0. The van der Waals surface area contributed by atoms with E-state index in [0.29, 0.717) is 48.0 Å². The molecule has 6 nitrogen and oxygen atoms in total.